The van der Waals surface area contributed by atoms with Gasteiger partial charge in [0.05, 0.1) is 6.42 Å². The quantitative estimate of drug-likeness (QED) is 0.888. The molecule has 0 saturated heterocycles. The highest BCUT2D eigenvalue weighted by atomic mass is 19.1. The molecule has 0 fully saturated rings. The van der Waals surface area contributed by atoms with Crippen molar-refractivity contribution in [1.29, 1.82) is 0 Å². The van der Waals surface area contributed by atoms with E-state index < -0.39 is 11.6 Å². The van der Waals surface area contributed by atoms with Crippen molar-refractivity contribution in [3.05, 3.63) is 65.2 Å². The number of primary amides is 1. The van der Waals surface area contributed by atoms with E-state index in [-0.39, 0.29) is 18.4 Å². The lowest BCUT2D eigenvalue weighted by molar-refractivity contribution is -0.117. The standard InChI is InChI=1S/C16H16F2N2O/c1-10(12-7-13(17)9-14(18)8-12)20-15-4-2-11(3-5-15)6-16(19)21/h2-5,7-10,20H,6H2,1H3,(H2,19,21). The summed E-state index contributed by atoms with van der Waals surface area (Å²) in [5.74, 6) is -1.59. The molecule has 1 amide bonds. The van der Waals surface area contributed by atoms with Crippen LogP contribution in [0.4, 0.5) is 14.5 Å². The smallest absolute Gasteiger partial charge is 0.221 e. The van der Waals surface area contributed by atoms with E-state index in [0.717, 1.165) is 17.3 Å². The average molecular weight is 290 g/mol. The van der Waals surface area contributed by atoms with E-state index >= 15 is 0 Å². The van der Waals surface area contributed by atoms with Crippen molar-refractivity contribution in [3.63, 3.8) is 0 Å². The Hall–Kier alpha value is -2.43. The van der Waals surface area contributed by atoms with Gasteiger partial charge in [-0.2, -0.15) is 0 Å². The van der Waals surface area contributed by atoms with Crippen LogP contribution in [-0.2, 0) is 11.2 Å². The molecule has 0 saturated carbocycles. The van der Waals surface area contributed by atoms with E-state index in [1.165, 1.54) is 12.1 Å². The molecule has 21 heavy (non-hydrogen) atoms. The zero-order valence-corrected chi connectivity index (χ0v) is 11.6. The van der Waals surface area contributed by atoms with Crippen LogP contribution in [0.15, 0.2) is 42.5 Å². The molecule has 0 spiro atoms. The summed E-state index contributed by atoms with van der Waals surface area (Å²) in [6.45, 7) is 1.81. The minimum absolute atomic E-state index is 0.185. The Morgan fingerprint density at radius 2 is 1.71 bits per heavy atom. The molecule has 3 N–H and O–H groups in total. The van der Waals surface area contributed by atoms with E-state index in [2.05, 4.69) is 5.32 Å². The zero-order chi connectivity index (χ0) is 15.4. The van der Waals surface area contributed by atoms with Crippen molar-refractivity contribution < 1.29 is 13.6 Å². The number of anilines is 1. The molecule has 0 radical (unpaired) electrons. The first-order valence-corrected chi connectivity index (χ1v) is 6.54. The van der Waals surface area contributed by atoms with Crippen LogP contribution in [0, 0.1) is 11.6 Å². The Labute approximate surface area is 121 Å². The fourth-order valence-electron chi connectivity index (χ4n) is 2.08. The van der Waals surface area contributed by atoms with Crippen LogP contribution < -0.4 is 11.1 Å². The van der Waals surface area contributed by atoms with Crippen LogP contribution in [0.3, 0.4) is 0 Å². The van der Waals surface area contributed by atoms with Gasteiger partial charge in [-0.1, -0.05) is 12.1 Å². The number of amides is 1. The third-order valence-corrected chi connectivity index (χ3v) is 3.10. The number of nitrogens with two attached hydrogens (primary N) is 1. The highest BCUT2D eigenvalue weighted by molar-refractivity contribution is 5.76. The van der Waals surface area contributed by atoms with Crippen molar-refractivity contribution in [2.45, 2.75) is 19.4 Å². The summed E-state index contributed by atoms with van der Waals surface area (Å²) < 4.78 is 26.4. The second-order valence-electron chi connectivity index (χ2n) is 4.91. The maximum atomic E-state index is 13.2. The number of hydrogen-bond acceptors (Lipinski definition) is 2. The van der Waals surface area contributed by atoms with Crippen molar-refractivity contribution in [2.75, 3.05) is 5.32 Å². The average Bonchev–Trinajstić information content (AvgIpc) is 2.39. The Bertz CT molecular complexity index is 621. The van der Waals surface area contributed by atoms with Crippen LogP contribution in [0.1, 0.15) is 24.1 Å². The molecule has 5 heteroatoms. The molecule has 0 aromatic heterocycles. The molecule has 110 valence electrons. The molecule has 1 atom stereocenters. The van der Waals surface area contributed by atoms with Gasteiger partial charge in [0, 0.05) is 17.8 Å². The van der Waals surface area contributed by atoms with Crippen LogP contribution in [0.2, 0.25) is 0 Å². The molecule has 3 nitrogen and oxygen atoms in total. The molecule has 0 aliphatic carbocycles. The second kappa shape index (κ2) is 6.35. The molecule has 2 aromatic carbocycles. The van der Waals surface area contributed by atoms with Gasteiger partial charge in [0.15, 0.2) is 0 Å². The zero-order valence-electron chi connectivity index (χ0n) is 11.6. The summed E-state index contributed by atoms with van der Waals surface area (Å²) in [5, 5.41) is 3.14. The fourth-order valence-corrected chi connectivity index (χ4v) is 2.08. The van der Waals surface area contributed by atoms with E-state index in [1.54, 1.807) is 24.3 Å². The summed E-state index contributed by atoms with van der Waals surface area (Å²) in [6.07, 6.45) is 0.185. The second-order valence-corrected chi connectivity index (χ2v) is 4.91. The van der Waals surface area contributed by atoms with Crippen LogP contribution in [-0.4, -0.2) is 5.91 Å². The van der Waals surface area contributed by atoms with Crippen molar-refractivity contribution >= 4 is 11.6 Å². The Kier molecular flexibility index (Phi) is 4.52. The number of nitrogens with one attached hydrogen (secondary N) is 1. The Morgan fingerprint density at radius 1 is 1.14 bits per heavy atom. The van der Waals surface area contributed by atoms with Gasteiger partial charge < -0.3 is 11.1 Å². The molecular formula is C16H16F2N2O. The van der Waals surface area contributed by atoms with Gasteiger partial charge >= 0.3 is 0 Å². The summed E-state index contributed by atoms with van der Waals surface area (Å²) in [5.41, 5.74) is 7.25. The van der Waals surface area contributed by atoms with Gasteiger partial charge in [-0.15, -0.1) is 0 Å². The summed E-state index contributed by atoms with van der Waals surface area (Å²) in [6, 6.07) is 10.3. The molecule has 0 bridgehead atoms. The third-order valence-electron chi connectivity index (χ3n) is 3.10. The van der Waals surface area contributed by atoms with Gasteiger partial charge in [0.1, 0.15) is 11.6 Å². The third kappa shape index (κ3) is 4.27. The number of carbonyl (C=O) groups excluding carboxylic acids is 1. The number of benzene rings is 2. The fraction of sp³-hybridized carbons (Fsp3) is 0.188. The lowest BCUT2D eigenvalue weighted by Crippen LogP contribution is -2.13. The van der Waals surface area contributed by atoms with E-state index in [4.69, 9.17) is 5.73 Å². The monoisotopic (exact) mass is 290 g/mol. The topological polar surface area (TPSA) is 55.1 Å². The maximum Gasteiger partial charge on any atom is 0.221 e. The summed E-state index contributed by atoms with van der Waals surface area (Å²) >= 11 is 0. The molecule has 0 aliphatic rings. The Morgan fingerprint density at radius 3 is 2.24 bits per heavy atom. The molecular weight excluding hydrogens is 274 g/mol. The highest BCUT2D eigenvalue weighted by Gasteiger charge is 2.09. The lowest BCUT2D eigenvalue weighted by atomic mass is 10.1. The first-order chi connectivity index (χ1) is 9.94. The van der Waals surface area contributed by atoms with Crippen LogP contribution in [0.5, 0.6) is 0 Å². The molecule has 2 aromatic rings. The molecule has 0 heterocycles. The lowest BCUT2D eigenvalue weighted by Gasteiger charge is -2.16. The predicted molar refractivity (Wildman–Crippen MR) is 77.7 cm³/mol. The Balaban J connectivity index is 2.08. The molecule has 2 rings (SSSR count). The van der Waals surface area contributed by atoms with E-state index in [0.29, 0.717) is 5.56 Å². The van der Waals surface area contributed by atoms with Crippen LogP contribution in [0.25, 0.3) is 0 Å². The van der Waals surface area contributed by atoms with Gasteiger partial charge in [0.25, 0.3) is 0 Å². The number of halogens is 2. The van der Waals surface area contributed by atoms with Crippen molar-refractivity contribution in [2.24, 2.45) is 5.73 Å². The highest BCUT2D eigenvalue weighted by Crippen LogP contribution is 2.21. The summed E-state index contributed by atoms with van der Waals surface area (Å²) in [7, 11) is 0. The molecule has 0 aliphatic heterocycles. The first kappa shape index (κ1) is 15.0. The van der Waals surface area contributed by atoms with Gasteiger partial charge in [-0.3, -0.25) is 4.79 Å². The maximum absolute atomic E-state index is 13.2. The van der Waals surface area contributed by atoms with Crippen molar-refractivity contribution in [1.82, 2.24) is 0 Å². The van der Waals surface area contributed by atoms with Gasteiger partial charge in [0.2, 0.25) is 5.91 Å². The minimum atomic E-state index is -0.601. The first-order valence-electron chi connectivity index (χ1n) is 6.54. The van der Waals surface area contributed by atoms with Gasteiger partial charge in [-0.25, -0.2) is 8.78 Å². The van der Waals surface area contributed by atoms with Crippen molar-refractivity contribution in [3.8, 4) is 0 Å². The number of rotatable bonds is 5. The SMILES string of the molecule is CC(Nc1ccc(CC(N)=O)cc1)c1cc(F)cc(F)c1. The molecule has 1 unspecified atom stereocenters. The van der Waals surface area contributed by atoms with Crippen LogP contribution >= 0.6 is 0 Å². The number of carbonyl (C=O) groups is 1. The normalized spacial score (nSPS) is 12.0. The predicted octanol–water partition coefficient (Wildman–Crippen LogP) is 3.17. The van der Waals surface area contributed by atoms with E-state index in [9.17, 15) is 13.6 Å². The van der Waals surface area contributed by atoms with Gasteiger partial charge in [-0.05, 0) is 42.3 Å². The van der Waals surface area contributed by atoms with E-state index in [1.807, 2.05) is 6.92 Å². The number of hydrogen-bond donors (Lipinski definition) is 2. The minimum Gasteiger partial charge on any atom is -0.379 e. The summed E-state index contributed by atoms with van der Waals surface area (Å²) in [4.78, 5) is 10.8. The largest absolute Gasteiger partial charge is 0.379 e.